The minimum atomic E-state index is 0. The molecule has 1 aromatic rings. The Hall–Kier alpha value is -0.250. The third kappa shape index (κ3) is 5.63. The van der Waals surface area contributed by atoms with Crippen LogP contribution in [0.15, 0.2) is 22.7 Å². The average molecular weight is 363 g/mol. The van der Waals surface area contributed by atoms with Gasteiger partial charge in [-0.05, 0) is 56.0 Å². The lowest BCUT2D eigenvalue weighted by molar-refractivity contribution is 0.266. The summed E-state index contributed by atoms with van der Waals surface area (Å²) < 4.78 is 7.12. The second-order valence-corrected chi connectivity index (χ2v) is 6.20. The van der Waals surface area contributed by atoms with Crippen molar-refractivity contribution in [1.82, 2.24) is 5.32 Å². The van der Waals surface area contributed by atoms with Crippen LogP contribution < -0.4 is 10.1 Å². The largest absolute Gasteiger partial charge is 0.493 e. The first kappa shape index (κ1) is 17.8. The fourth-order valence-corrected chi connectivity index (χ4v) is 3.04. The Morgan fingerprint density at radius 2 is 2.20 bits per heavy atom. The van der Waals surface area contributed by atoms with E-state index < -0.39 is 0 Å². The van der Waals surface area contributed by atoms with Gasteiger partial charge in [-0.25, -0.2) is 0 Å². The first-order valence-electron chi connectivity index (χ1n) is 7.44. The van der Waals surface area contributed by atoms with E-state index in [0.29, 0.717) is 6.04 Å². The highest BCUT2D eigenvalue weighted by Crippen LogP contribution is 2.25. The van der Waals surface area contributed by atoms with E-state index >= 15 is 0 Å². The van der Waals surface area contributed by atoms with Crippen LogP contribution in [0.3, 0.4) is 0 Å². The quantitative estimate of drug-likeness (QED) is 0.789. The molecule has 4 heteroatoms. The minimum Gasteiger partial charge on any atom is -0.493 e. The highest BCUT2D eigenvalue weighted by atomic mass is 79.9. The smallest absolute Gasteiger partial charge is 0.122 e. The van der Waals surface area contributed by atoms with Gasteiger partial charge in [0, 0.05) is 10.5 Å². The fourth-order valence-electron chi connectivity index (χ4n) is 2.64. The van der Waals surface area contributed by atoms with Crippen molar-refractivity contribution in [3.05, 3.63) is 28.2 Å². The molecule has 0 bridgehead atoms. The maximum absolute atomic E-state index is 5.99. The van der Waals surface area contributed by atoms with Gasteiger partial charge in [-0.3, -0.25) is 0 Å². The predicted octanol–water partition coefficient (Wildman–Crippen LogP) is 4.73. The lowest BCUT2D eigenvalue weighted by atomic mass is 10.0. The number of halogens is 2. The highest BCUT2D eigenvalue weighted by molar-refractivity contribution is 9.10. The predicted molar refractivity (Wildman–Crippen MR) is 91.1 cm³/mol. The van der Waals surface area contributed by atoms with E-state index in [0.717, 1.165) is 36.1 Å². The van der Waals surface area contributed by atoms with Crippen molar-refractivity contribution in [2.45, 2.75) is 51.5 Å². The first-order valence-corrected chi connectivity index (χ1v) is 8.23. The number of piperidine rings is 1. The number of hydrogen-bond acceptors (Lipinski definition) is 2. The van der Waals surface area contributed by atoms with Crippen molar-refractivity contribution in [2.75, 3.05) is 13.2 Å². The summed E-state index contributed by atoms with van der Waals surface area (Å²) in [5, 5.41) is 3.57. The number of nitrogens with one attached hydrogen (secondary N) is 1. The van der Waals surface area contributed by atoms with Crippen LogP contribution >= 0.6 is 28.3 Å². The van der Waals surface area contributed by atoms with E-state index in [-0.39, 0.29) is 12.4 Å². The Bertz CT molecular complexity index is 394. The molecular weight excluding hydrogens is 338 g/mol. The van der Waals surface area contributed by atoms with Crippen molar-refractivity contribution in [3.8, 4) is 5.75 Å². The van der Waals surface area contributed by atoms with Crippen LogP contribution in [0.1, 0.15) is 44.6 Å². The zero-order valence-electron chi connectivity index (χ0n) is 12.2. The Kier molecular flexibility index (Phi) is 8.58. The molecule has 1 aromatic carbocycles. The summed E-state index contributed by atoms with van der Waals surface area (Å²) in [6.07, 6.45) is 7.32. The van der Waals surface area contributed by atoms with Gasteiger partial charge in [-0.2, -0.15) is 0 Å². The molecule has 1 N–H and O–H groups in total. The van der Waals surface area contributed by atoms with Crippen molar-refractivity contribution in [1.29, 1.82) is 0 Å². The number of hydrogen-bond donors (Lipinski definition) is 1. The van der Waals surface area contributed by atoms with Crippen LogP contribution in [-0.2, 0) is 6.42 Å². The normalized spacial score (nSPS) is 18.4. The van der Waals surface area contributed by atoms with E-state index in [1.165, 1.54) is 31.4 Å². The molecule has 2 rings (SSSR count). The standard InChI is InChI=1S/C16H24BrNO.ClH/c1-2-5-13-12-14(17)7-8-16(13)19-11-9-15-6-3-4-10-18-15;/h7-8,12,15,18H,2-6,9-11H2,1H3;1H. The summed E-state index contributed by atoms with van der Waals surface area (Å²) in [5.41, 5.74) is 1.31. The van der Waals surface area contributed by atoms with E-state index in [2.05, 4.69) is 46.4 Å². The second kappa shape index (κ2) is 9.64. The molecule has 0 amide bonds. The molecule has 20 heavy (non-hydrogen) atoms. The molecule has 1 heterocycles. The number of ether oxygens (including phenoxy) is 1. The van der Waals surface area contributed by atoms with Crippen molar-refractivity contribution in [2.24, 2.45) is 0 Å². The first-order chi connectivity index (χ1) is 9.29. The highest BCUT2D eigenvalue weighted by Gasteiger charge is 2.12. The van der Waals surface area contributed by atoms with Crippen LogP contribution in [0, 0.1) is 0 Å². The molecule has 1 unspecified atom stereocenters. The average Bonchev–Trinajstić information content (AvgIpc) is 2.43. The summed E-state index contributed by atoms with van der Waals surface area (Å²) in [4.78, 5) is 0. The van der Waals surface area contributed by atoms with Crippen LogP contribution in [-0.4, -0.2) is 19.2 Å². The van der Waals surface area contributed by atoms with E-state index in [4.69, 9.17) is 4.74 Å². The number of aryl methyl sites for hydroxylation is 1. The third-order valence-electron chi connectivity index (χ3n) is 3.68. The van der Waals surface area contributed by atoms with Gasteiger partial charge in [0.2, 0.25) is 0 Å². The summed E-state index contributed by atoms with van der Waals surface area (Å²) in [5.74, 6) is 1.06. The third-order valence-corrected chi connectivity index (χ3v) is 4.17. The van der Waals surface area contributed by atoms with E-state index in [1.807, 2.05) is 0 Å². The van der Waals surface area contributed by atoms with Crippen molar-refractivity contribution in [3.63, 3.8) is 0 Å². The van der Waals surface area contributed by atoms with Crippen LogP contribution in [0.2, 0.25) is 0 Å². The lowest BCUT2D eigenvalue weighted by Crippen LogP contribution is -2.35. The maximum atomic E-state index is 5.99. The Morgan fingerprint density at radius 1 is 1.35 bits per heavy atom. The summed E-state index contributed by atoms with van der Waals surface area (Å²) in [6.45, 7) is 4.19. The number of benzene rings is 1. The Labute approximate surface area is 137 Å². The van der Waals surface area contributed by atoms with Gasteiger partial charge in [0.05, 0.1) is 6.61 Å². The van der Waals surface area contributed by atoms with E-state index in [9.17, 15) is 0 Å². The molecule has 0 aliphatic carbocycles. The van der Waals surface area contributed by atoms with Crippen LogP contribution in [0.5, 0.6) is 5.75 Å². The Balaban J connectivity index is 0.00000200. The monoisotopic (exact) mass is 361 g/mol. The summed E-state index contributed by atoms with van der Waals surface area (Å²) in [6, 6.07) is 6.98. The van der Waals surface area contributed by atoms with Gasteiger partial charge < -0.3 is 10.1 Å². The molecule has 1 fully saturated rings. The summed E-state index contributed by atoms with van der Waals surface area (Å²) >= 11 is 3.53. The molecule has 1 aliphatic heterocycles. The fraction of sp³-hybridized carbons (Fsp3) is 0.625. The molecule has 1 atom stereocenters. The lowest BCUT2D eigenvalue weighted by Gasteiger charge is -2.23. The second-order valence-electron chi connectivity index (χ2n) is 5.29. The van der Waals surface area contributed by atoms with Gasteiger partial charge >= 0.3 is 0 Å². The molecular formula is C16H25BrClNO. The Morgan fingerprint density at radius 3 is 2.90 bits per heavy atom. The molecule has 2 nitrogen and oxygen atoms in total. The van der Waals surface area contributed by atoms with Gasteiger partial charge in [0.25, 0.3) is 0 Å². The topological polar surface area (TPSA) is 21.3 Å². The molecule has 114 valence electrons. The van der Waals surface area contributed by atoms with Crippen molar-refractivity contribution >= 4 is 28.3 Å². The van der Waals surface area contributed by atoms with Crippen LogP contribution in [0.4, 0.5) is 0 Å². The summed E-state index contributed by atoms with van der Waals surface area (Å²) in [7, 11) is 0. The van der Waals surface area contributed by atoms with E-state index in [1.54, 1.807) is 0 Å². The molecule has 0 radical (unpaired) electrons. The minimum absolute atomic E-state index is 0. The zero-order valence-corrected chi connectivity index (χ0v) is 14.6. The van der Waals surface area contributed by atoms with Gasteiger partial charge in [0.15, 0.2) is 0 Å². The molecule has 0 spiro atoms. The SMILES string of the molecule is CCCc1cc(Br)ccc1OCCC1CCCCN1.Cl. The maximum Gasteiger partial charge on any atom is 0.122 e. The molecule has 1 saturated heterocycles. The van der Waals surface area contributed by atoms with Gasteiger partial charge in [-0.1, -0.05) is 35.7 Å². The molecule has 0 saturated carbocycles. The van der Waals surface area contributed by atoms with Crippen LogP contribution in [0.25, 0.3) is 0 Å². The molecule has 1 aliphatic rings. The van der Waals surface area contributed by atoms with Crippen molar-refractivity contribution < 1.29 is 4.74 Å². The number of rotatable bonds is 6. The molecule has 0 aromatic heterocycles. The zero-order chi connectivity index (χ0) is 13.5. The van der Waals surface area contributed by atoms with Gasteiger partial charge in [0.1, 0.15) is 5.75 Å². The van der Waals surface area contributed by atoms with Gasteiger partial charge in [-0.15, -0.1) is 12.4 Å².